The van der Waals surface area contributed by atoms with E-state index in [1.165, 1.54) is 13.2 Å². The van der Waals surface area contributed by atoms with Crippen LogP contribution < -0.4 is 5.73 Å². The molecule has 0 amide bonds. The van der Waals surface area contributed by atoms with E-state index in [0.29, 0.717) is 5.69 Å². The highest BCUT2D eigenvalue weighted by Gasteiger charge is 2.03. The summed E-state index contributed by atoms with van der Waals surface area (Å²) in [6.07, 6.45) is 0.877. The van der Waals surface area contributed by atoms with Crippen molar-refractivity contribution in [3.63, 3.8) is 0 Å². The van der Waals surface area contributed by atoms with Crippen LogP contribution in [0.3, 0.4) is 0 Å². The second-order valence-corrected chi connectivity index (χ2v) is 3.60. The van der Waals surface area contributed by atoms with Gasteiger partial charge in [-0.2, -0.15) is 5.26 Å². The van der Waals surface area contributed by atoms with Gasteiger partial charge < -0.3 is 15.6 Å². The lowest BCUT2D eigenvalue weighted by molar-refractivity contribution is -0.132. The number of hydrogen-bond donors (Lipinski definition) is 2. The zero-order valence-corrected chi connectivity index (χ0v) is 10.7. The van der Waals surface area contributed by atoms with Crippen molar-refractivity contribution < 1.29 is 14.6 Å². The van der Waals surface area contributed by atoms with Gasteiger partial charge >= 0.3 is 5.97 Å². The number of halogens is 1. The largest absolute Gasteiger partial charge is 0.503 e. The number of nitrogen functional groups attached to an aromatic ring is 1. The summed E-state index contributed by atoms with van der Waals surface area (Å²) < 4.78 is 4.29. The van der Waals surface area contributed by atoms with Gasteiger partial charge in [-0.05, 0) is 24.6 Å². The minimum absolute atomic E-state index is 0.405. The van der Waals surface area contributed by atoms with E-state index in [1.807, 2.05) is 19.1 Å². The average molecular weight is 269 g/mol. The second kappa shape index (κ2) is 7.98. The third-order valence-corrected chi connectivity index (χ3v) is 2.19. The topological polar surface area (TPSA) is 96.3 Å². The Kier molecular flexibility index (Phi) is 7.01. The van der Waals surface area contributed by atoms with Crippen molar-refractivity contribution in [3.8, 4) is 6.07 Å². The van der Waals surface area contributed by atoms with E-state index in [9.17, 15) is 4.79 Å². The number of anilines is 1. The molecule has 1 rings (SSSR count). The fourth-order valence-corrected chi connectivity index (χ4v) is 1.04. The van der Waals surface area contributed by atoms with Crippen LogP contribution in [-0.4, -0.2) is 18.2 Å². The molecule has 0 saturated carbocycles. The number of nitrogens with zero attached hydrogens (tertiary/aromatic N) is 1. The molecule has 0 aliphatic heterocycles. The van der Waals surface area contributed by atoms with Crippen molar-refractivity contribution in [1.29, 1.82) is 5.26 Å². The average Bonchev–Trinajstić information content (AvgIpc) is 2.31. The number of methoxy groups -OCH3 is 1. The number of benzene rings is 1. The first kappa shape index (κ1) is 15.8. The highest BCUT2D eigenvalue weighted by Crippen LogP contribution is 2.17. The molecule has 3 N–H and O–H groups in total. The lowest BCUT2D eigenvalue weighted by Gasteiger charge is -1.96. The summed E-state index contributed by atoms with van der Waals surface area (Å²) >= 11 is 5.73. The third-order valence-electron chi connectivity index (χ3n) is 1.78. The van der Waals surface area contributed by atoms with E-state index >= 15 is 0 Å². The molecule has 0 saturated heterocycles. The van der Waals surface area contributed by atoms with Crippen LogP contribution in [0.2, 0.25) is 5.02 Å². The van der Waals surface area contributed by atoms with Gasteiger partial charge in [0.25, 0.3) is 0 Å². The van der Waals surface area contributed by atoms with Crippen molar-refractivity contribution in [2.45, 2.75) is 6.92 Å². The Hall–Kier alpha value is -2.19. The molecule has 1 aromatic rings. The summed E-state index contributed by atoms with van der Waals surface area (Å²) in [6.45, 7) is 1.95. The molecular formula is C12H13ClN2O3. The number of carboxylic acid groups (broad SMARTS) is 1. The summed E-state index contributed by atoms with van der Waals surface area (Å²) in [5, 5.41) is 16.9. The Morgan fingerprint density at radius 1 is 1.61 bits per heavy atom. The van der Waals surface area contributed by atoms with E-state index in [4.69, 9.17) is 27.7 Å². The Balaban J connectivity index is 0.000000321. The van der Waals surface area contributed by atoms with Gasteiger partial charge in [0.2, 0.25) is 0 Å². The smallest absolute Gasteiger partial charge is 0.349 e. The molecule has 0 aromatic heterocycles. The number of nitrogens with two attached hydrogens (primary N) is 1. The summed E-state index contributed by atoms with van der Waals surface area (Å²) in [6, 6.07) is 6.92. The molecule has 0 heterocycles. The Morgan fingerprint density at radius 3 is 2.50 bits per heavy atom. The van der Waals surface area contributed by atoms with Crippen LogP contribution >= 0.6 is 11.6 Å². The molecule has 18 heavy (non-hydrogen) atoms. The minimum Gasteiger partial charge on any atom is -0.503 e. The first-order valence-corrected chi connectivity index (χ1v) is 5.18. The zero-order valence-electron chi connectivity index (χ0n) is 9.98. The first-order chi connectivity index (χ1) is 8.42. The Labute approximate surface area is 110 Å². The number of aliphatic carboxylic acids is 1. The standard InChI is InChI=1S/C7H8ClN.C5H5NO3/c1-5-2-3-6(9)4-7(5)8;1-9-3-4(2-6)5(7)8/h2-4H,9H2,1H3;3H,1H3,(H,7,8)/b;4-3+. The van der Waals surface area contributed by atoms with Crippen LogP contribution in [-0.2, 0) is 9.53 Å². The maximum Gasteiger partial charge on any atom is 0.349 e. The maximum atomic E-state index is 9.95. The lowest BCUT2D eigenvalue weighted by atomic mass is 10.2. The number of rotatable bonds is 2. The van der Waals surface area contributed by atoms with E-state index in [2.05, 4.69) is 4.74 Å². The van der Waals surface area contributed by atoms with Crippen molar-refractivity contribution in [2.24, 2.45) is 0 Å². The third kappa shape index (κ3) is 5.77. The predicted octanol–water partition coefficient (Wildman–Crippen LogP) is 2.36. The van der Waals surface area contributed by atoms with Gasteiger partial charge in [-0.25, -0.2) is 4.79 Å². The van der Waals surface area contributed by atoms with Gasteiger partial charge in [0, 0.05) is 10.7 Å². The number of nitriles is 1. The normalized spacial score (nSPS) is 9.78. The van der Waals surface area contributed by atoms with Crippen LogP contribution in [0.5, 0.6) is 0 Å². The van der Waals surface area contributed by atoms with Gasteiger partial charge in [-0.3, -0.25) is 0 Å². The highest BCUT2D eigenvalue weighted by molar-refractivity contribution is 6.31. The van der Waals surface area contributed by atoms with Crippen molar-refractivity contribution in [3.05, 3.63) is 40.6 Å². The fourth-order valence-electron chi connectivity index (χ4n) is 0.852. The SMILES string of the molecule is CO/C=C(\C#N)C(=O)O.Cc1ccc(N)cc1Cl. The highest BCUT2D eigenvalue weighted by atomic mass is 35.5. The van der Waals surface area contributed by atoms with Gasteiger partial charge in [0.15, 0.2) is 5.57 Å². The summed E-state index contributed by atoms with van der Waals surface area (Å²) in [7, 11) is 1.28. The predicted molar refractivity (Wildman–Crippen MR) is 68.9 cm³/mol. The molecule has 0 fully saturated rings. The maximum absolute atomic E-state index is 9.95. The van der Waals surface area contributed by atoms with E-state index in [1.54, 1.807) is 6.07 Å². The summed E-state index contributed by atoms with van der Waals surface area (Å²) in [5.74, 6) is -1.28. The monoisotopic (exact) mass is 268 g/mol. The van der Waals surface area contributed by atoms with Gasteiger partial charge in [-0.1, -0.05) is 17.7 Å². The van der Waals surface area contributed by atoms with Gasteiger partial charge in [0.05, 0.1) is 7.11 Å². The number of carbonyl (C=O) groups is 1. The molecule has 0 atom stereocenters. The number of hydrogen-bond acceptors (Lipinski definition) is 4. The molecule has 0 aliphatic carbocycles. The van der Waals surface area contributed by atoms with Gasteiger partial charge in [0.1, 0.15) is 12.3 Å². The molecule has 0 radical (unpaired) electrons. The summed E-state index contributed by atoms with van der Waals surface area (Å²) in [4.78, 5) is 9.95. The zero-order chi connectivity index (χ0) is 14.1. The van der Waals surface area contributed by atoms with Crippen LogP contribution in [0.4, 0.5) is 5.69 Å². The Morgan fingerprint density at radius 2 is 2.22 bits per heavy atom. The van der Waals surface area contributed by atoms with E-state index in [-0.39, 0.29) is 0 Å². The van der Waals surface area contributed by atoms with Crippen molar-refractivity contribution in [1.82, 2.24) is 0 Å². The number of aryl methyl sites for hydroxylation is 1. The number of carboxylic acids is 1. The molecule has 0 bridgehead atoms. The second-order valence-electron chi connectivity index (χ2n) is 3.19. The van der Waals surface area contributed by atoms with Crippen LogP contribution in [0.25, 0.3) is 0 Å². The molecule has 6 heteroatoms. The first-order valence-electron chi connectivity index (χ1n) is 4.80. The quantitative estimate of drug-likeness (QED) is 0.371. The van der Waals surface area contributed by atoms with Crippen LogP contribution in [0.15, 0.2) is 30.0 Å². The minimum atomic E-state index is -1.28. The molecular weight excluding hydrogens is 256 g/mol. The van der Waals surface area contributed by atoms with Gasteiger partial charge in [-0.15, -0.1) is 0 Å². The number of ether oxygens (including phenoxy) is 1. The fraction of sp³-hybridized carbons (Fsp3) is 0.167. The van der Waals surface area contributed by atoms with Crippen molar-refractivity contribution in [2.75, 3.05) is 12.8 Å². The van der Waals surface area contributed by atoms with Crippen LogP contribution in [0.1, 0.15) is 5.56 Å². The van der Waals surface area contributed by atoms with Crippen molar-refractivity contribution >= 4 is 23.3 Å². The molecule has 5 nitrogen and oxygen atoms in total. The Bertz CT molecular complexity index is 493. The molecule has 96 valence electrons. The summed E-state index contributed by atoms with van der Waals surface area (Å²) in [5.41, 5.74) is 6.81. The molecule has 1 aromatic carbocycles. The lowest BCUT2D eigenvalue weighted by Crippen LogP contribution is -1.97. The van der Waals surface area contributed by atoms with E-state index < -0.39 is 11.5 Å². The van der Waals surface area contributed by atoms with E-state index in [0.717, 1.165) is 16.8 Å². The van der Waals surface area contributed by atoms with Crippen LogP contribution in [0, 0.1) is 18.3 Å². The molecule has 0 unspecified atom stereocenters. The molecule has 0 spiro atoms. The molecule has 0 aliphatic rings.